The fourth-order valence-electron chi connectivity index (χ4n) is 2.77. The molecule has 1 amide bonds. The second-order valence-electron chi connectivity index (χ2n) is 5.88. The van der Waals surface area contributed by atoms with Crippen molar-refractivity contribution in [1.82, 2.24) is 4.90 Å². The van der Waals surface area contributed by atoms with Gasteiger partial charge in [-0.2, -0.15) is 0 Å². The summed E-state index contributed by atoms with van der Waals surface area (Å²) < 4.78 is 5.66. The van der Waals surface area contributed by atoms with Crippen molar-refractivity contribution >= 4 is 11.9 Å². The maximum atomic E-state index is 12.1. The van der Waals surface area contributed by atoms with Crippen molar-refractivity contribution in [1.29, 1.82) is 0 Å². The molecule has 0 unspecified atom stereocenters. The summed E-state index contributed by atoms with van der Waals surface area (Å²) in [6, 6.07) is 5.93. The summed E-state index contributed by atoms with van der Waals surface area (Å²) in [6.45, 7) is 5.28. The van der Waals surface area contributed by atoms with Crippen LogP contribution in [0.4, 0.5) is 0 Å². The number of nitrogens with zero attached hydrogens (tertiary/aromatic N) is 1. The van der Waals surface area contributed by atoms with Crippen molar-refractivity contribution in [2.24, 2.45) is 5.92 Å². The van der Waals surface area contributed by atoms with Gasteiger partial charge in [-0.25, -0.2) is 0 Å². The lowest BCUT2D eigenvalue weighted by Gasteiger charge is -2.30. The first-order valence-electron chi connectivity index (χ1n) is 7.68. The Balaban J connectivity index is 1.81. The number of carboxylic acids is 1. The van der Waals surface area contributed by atoms with Gasteiger partial charge in [0.25, 0.3) is 0 Å². The highest BCUT2D eigenvalue weighted by molar-refractivity contribution is 5.78. The van der Waals surface area contributed by atoms with E-state index in [9.17, 15) is 9.59 Å². The number of rotatable bonds is 5. The molecule has 2 rings (SSSR count). The van der Waals surface area contributed by atoms with E-state index in [-0.39, 0.29) is 12.3 Å². The number of hydrogen-bond acceptors (Lipinski definition) is 3. The van der Waals surface area contributed by atoms with Crippen LogP contribution in [-0.2, 0) is 9.59 Å². The first kappa shape index (κ1) is 16.3. The molecular formula is C17H23NO4. The van der Waals surface area contributed by atoms with E-state index in [0.29, 0.717) is 26.1 Å². The minimum absolute atomic E-state index is 0.0317. The van der Waals surface area contributed by atoms with Gasteiger partial charge in [0.1, 0.15) is 5.75 Å². The van der Waals surface area contributed by atoms with Crippen LogP contribution >= 0.6 is 0 Å². The van der Waals surface area contributed by atoms with Gasteiger partial charge in [0, 0.05) is 13.1 Å². The fraction of sp³-hybridized carbons (Fsp3) is 0.529. The maximum Gasteiger partial charge on any atom is 0.308 e. The molecule has 0 bridgehead atoms. The van der Waals surface area contributed by atoms with Crippen LogP contribution in [0, 0.1) is 19.8 Å². The van der Waals surface area contributed by atoms with E-state index in [0.717, 1.165) is 17.7 Å². The fourth-order valence-corrected chi connectivity index (χ4v) is 2.77. The van der Waals surface area contributed by atoms with E-state index in [2.05, 4.69) is 0 Å². The van der Waals surface area contributed by atoms with Crippen molar-refractivity contribution in [3.63, 3.8) is 0 Å². The molecule has 0 spiro atoms. The highest BCUT2D eigenvalue weighted by Crippen LogP contribution is 2.20. The van der Waals surface area contributed by atoms with Gasteiger partial charge in [-0.15, -0.1) is 0 Å². The lowest BCUT2D eigenvalue weighted by Crippen LogP contribution is -2.42. The Bertz CT molecular complexity index is 556. The first-order chi connectivity index (χ1) is 10.5. The summed E-state index contributed by atoms with van der Waals surface area (Å²) in [6.07, 6.45) is 1.68. The molecule has 22 heavy (non-hydrogen) atoms. The highest BCUT2D eigenvalue weighted by Gasteiger charge is 2.27. The van der Waals surface area contributed by atoms with Crippen LogP contribution in [0.5, 0.6) is 5.75 Å². The van der Waals surface area contributed by atoms with Gasteiger partial charge in [-0.05, 0) is 38.3 Å². The lowest BCUT2D eigenvalue weighted by molar-refractivity contribution is -0.145. The number of benzene rings is 1. The van der Waals surface area contributed by atoms with Gasteiger partial charge >= 0.3 is 5.97 Å². The van der Waals surface area contributed by atoms with Crippen LogP contribution in [0.3, 0.4) is 0 Å². The third kappa shape index (κ3) is 4.23. The zero-order chi connectivity index (χ0) is 16.1. The molecule has 1 saturated heterocycles. The highest BCUT2D eigenvalue weighted by atomic mass is 16.5. The number of hydrogen-bond donors (Lipinski definition) is 1. The van der Waals surface area contributed by atoms with Crippen molar-refractivity contribution in [3.8, 4) is 5.75 Å². The molecule has 1 heterocycles. The Labute approximate surface area is 130 Å². The number of carbonyl (C=O) groups is 2. The van der Waals surface area contributed by atoms with Gasteiger partial charge in [0.05, 0.1) is 18.9 Å². The third-order valence-electron chi connectivity index (χ3n) is 4.03. The van der Waals surface area contributed by atoms with Crippen molar-refractivity contribution in [2.45, 2.75) is 33.1 Å². The minimum Gasteiger partial charge on any atom is -0.493 e. The standard InChI is InChI=1S/C17H23NO4/c1-12-5-6-15(13(2)10-12)22-9-7-16(19)18-8-3-4-14(11-18)17(20)21/h5-6,10,14H,3-4,7-9,11H2,1-2H3,(H,20,21)/t14-/m0/s1. The molecule has 0 aromatic heterocycles. The van der Waals surface area contributed by atoms with Gasteiger partial charge < -0.3 is 14.7 Å². The Kier molecular flexibility index (Phi) is 5.41. The quantitative estimate of drug-likeness (QED) is 0.907. The second-order valence-corrected chi connectivity index (χ2v) is 5.88. The number of carbonyl (C=O) groups excluding carboxylic acids is 1. The van der Waals surface area contributed by atoms with Crippen LogP contribution in [0.1, 0.15) is 30.4 Å². The molecule has 1 aliphatic heterocycles. The van der Waals surface area contributed by atoms with Crippen molar-refractivity contribution in [3.05, 3.63) is 29.3 Å². The van der Waals surface area contributed by atoms with Crippen LogP contribution in [0.2, 0.25) is 0 Å². The van der Waals surface area contributed by atoms with Crippen LogP contribution in [0.15, 0.2) is 18.2 Å². The molecular weight excluding hydrogens is 282 g/mol. The zero-order valence-corrected chi connectivity index (χ0v) is 13.2. The van der Waals surface area contributed by atoms with E-state index in [1.165, 1.54) is 5.56 Å². The average Bonchev–Trinajstić information content (AvgIpc) is 2.49. The molecule has 0 radical (unpaired) electrons. The smallest absolute Gasteiger partial charge is 0.308 e. The number of carboxylic acid groups (broad SMARTS) is 1. The van der Waals surface area contributed by atoms with E-state index >= 15 is 0 Å². The number of aryl methyl sites for hydroxylation is 2. The molecule has 1 atom stereocenters. The molecule has 1 aromatic carbocycles. The molecule has 5 heteroatoms. The summed E-state index contributed by atoms with van der Waals surface area (Å²) in [7, 11) is 0. The molecule has 120 valence electrons. The number of piperidine rings is 1. The predicted octanol–water partition coefficient (Wildman–Crippen LogP) is 2.40. The normalized spacial score (nSPS) is 18.1. The summed E-state index contributed by atoms with van der Waals surface area (Å²) in [5.41, 5.74) is 2.23. The van der Waals surface area contributed by atoms with E-state index < -0.39 is 11.9 Å². The van der Waals surface area contributed by atoms with Gasteiger partial charge in [-0.3, -0.25) is 9.59 Å². The maximum absolute atomic E-state index is 12.1. The van der Waals surface area contributed by atoms with Crippen molar-refractivity contribution < 1.29 is 19.4 Å². The minimum atomic E-state index is -0.816. The number of likely N-dealkylation sites (tertiary alicyclic amines) is 1. The molecule has 1 fully saturated rings. The molecule has 1 N–H and O–H groups in total. The molecule has 1 aliphatic rings. The van der Waals surface area contributed by atoms with E-state index in [1.54, 1.807) is 4.90 Å². The van der Waals surface area contributed by atoms with Crippen LogP contribution in [0.25, 0.3) is 0 Å². The Hall–Kier alpha value is -2.04. The molecule has 0 aliphatic carbocycles. The Morgan fingerprint density at radius 2 is 2.14 bits per heavy atom. The number of aliphatic carboxylic acids is 1. The first-order valence-corrected chi connectivity index (χ1v) is 7.68. The second kappa shape index (κ2) is 7.29. The average molecular weight is 305 g/mol. The van der Waals surface area contributed by atoms with E-state index in [4.69, 9.17) is 9.84 Å². The number of ether oxygens (including phenoxy) is 1. The lowest BCUT2D eigenvalue weighted by atomic mass is 9.98. The summed E-state index contributed by atoms with van der Waals surface area (Å²) >= 11 is 0. The SMILES string of the molecule is Cc1ccc(OCCC(=O)N2CCC[C@H](C(=O)O)C2)c(C)c1. The molecule has 0 saturated carbocycles. The zero-order valence-electron chi connectivity index (χ0n) is 13.2. The predicted molar refractivity (Wildman–Crippen MR) is 83.0 cm³/mol. The van der Waals surface area contributed by atoms with Crippen LogP contribution in [-0.4, -0.2) is 41.6 Å². The monoisotopic (exact) mass is 305 g/mol. The summed E-state index contributed by atoms with van der Waals surface area (Å²) in [5, 5.41) is 9.05. The van der Waals surface area contributed by atoms with Gasteiger partial charge in [0.15, 0.2) is 0 Å². The Morgan fingerprint density at radius 3 is 2.82 bits per heavy atom. The molecule has 5 nitrogen and oxygen atoms in total. The van der Waals surface area contributed by atoms with E-state index in [1.807, 2.05) is 32.0 Å². The third-order valence-corrected chi connectivity index (χ3v) is 4.03. The largest absolute Gasteiger partial charge is 0.493 e. The van der Waals surface area contributed by atoms with Gasteiger partial charge in [0.2, 0.25) is 5.91 Å². The Morgan fingerprint density at radius 1 is 1.36 bits per heavy atom. The summed E-state index contributed by atoms with van der Waals surface area (Å²) in [4.78, 5) is 24.8. The number of amides is 1. The molecule has 1 aromatic rings. The topological polar surface area (TPSA) is 66.8 Å². The van der Waals surface area contributed by atoms with Gasteiger partial charge in [-0.1, -0.05) is 17.7 Å². The van der Waals surface area contributed by atoms with Crippen molar-refractivity contribution in [2.75, 3.05) is 19.7 Å². The summed E-state index contributed by atoms with van der Waals surface area (Å²) in [5.74, 6) is -0.488. The van der Waals surface area contributed by atoms with Crippen LogP contribution < -0.4 is 4.74 Å².